The molecule has 0 aliphatic rings. The largest absolute Gasteiger partial charge is 0.398 e. The van der Waals surface area contributed by atoms with Gasteiger partial charge in [-0.3, -0.25) is 5.10 Å². The number of aliphatic hydroxyl groups is 1. The van der Waals surface area contributed by atoms with Crippen molar-refractivity contribution in [3.8, 4) is 0 Å². The number of aromatic amines is 1. The standard InChI is InChI=1S/C22H32ClN7O/c1-6-14(11-31)26-22-27-21(25-10-15-16(23)8-7-9-17(15)24)19-20(30(22)13(4)5)18(12(2)3)28-29-19/h7-9,12-14,31H,6,10-11,24H2,1-5H3,(H,28,29)(H,25,26,27). The summed E-state index contributed by atoms with van der Waals surface area (Å²) < 4.78 is 2.08. The van der Waals surface area contributed by atoms with Crippen molar-refractivity contribution in [2.24, 2.45) is 4.99 Å². The van der Waals surface area contributed by atoms with E-state index in [2.05, 4.69) is 47.8 Å². The third-order valence-corrected chi connectivity index (χ3v) is 5.68. The first-order chi connectivity index (χ1) is 14.8. The molecule has 0 amide bonds. The zero-order chi connectivity index (χ0) is 22.7. The molecule has 0 aliphatic heterocycles. The van der Waals surface area contributed by atoms with Gasteiger partial charge in [0.2, 0.25) is 5.62 Å². The summed E-state index contributed by atoms with van der Waals surface area (Å²) in [5, 5.41) is 21.4. The van der Waals surface area contributed by atoms with E-state index < -0.39 is 0 Å². The predicted octanol–water partition coefficient (Wildman–Crippen LogP) is 3.98. The quantitative estimate of drug-likeness (QED) is 0.391. The van der Waals surface area contributed by atoms with Crippen LogP contribution in [0.3, 0.4) is 0 Å². The molecule has 0 saturated carbocycles. The number of fused-ring (bicyclic) bond motifs is 1. The molecule has 9 heteroatoms. The minimum atomic E-state index is -0.226. The summed E-state index contributed by atoms with van der Waals surface area (Å²) in [6.07, 6.45) is 0.718. The molecule has 1 aromatic carbocycles. The Balaban J connectivity index is 2.23. The summed E-state index contributed by atoms with van der Waals surface area (Å²) in [6, 6.07) is 5.34. The molecule has 1 atom stereocenters. The van der Waals surface area contributed by atoms with Crippen LogP contribution in [0.25, 0.3) is 11.0 Å². The van der Waals surface area contributed by atoms with E-state index in [1.807, 2.05) is 25.1 Å². The second-order valence-corrected chi connectivity index (χ2v) is 8.66. The second kappa shape index (κ2) is 9.70. The van der Waals surface area contributed by atoms with Gasteiger partial charge in [-0.25, -0.2) is 4.99 Å². The molecule has 168 valence electrons. The number of H-pyrrole nitrogens is 1. The average Bonchev–Trinajstić information content (AvgIpc) is 3.16. The first-order valence-electron chi connectivity index (χ1n) is 10.7. The fourth-order valence-electron chi connectivity index (χ4n) is 3.53. The van der Waals surface area contributed by atoms with Crippen molar-refractivity contribution in [1.82, 2.24) is 19.7 Å². The number of halogens is 1. The van der Waals surface area contributed by atoms with E-state index in [0.717, 1.165) is 28.7 Å². The first kappa shape index (κ1) is 23.1. The molecule has 0 aliphatic carbocycles. The number of aromatic nitrogens is 4. The zero-order valence-corrected chi connectivity index (χ0v) is 19.5. The molecule has 3 aromatic rings. The van der Waals surface area contributed by atoms with Crippen LogP contribution in [-0.2, 0) is 6.54 Å². The number of hydrogen-bond acceptors (Lipinski definition) is 6. The number of rotatable bonds is 8. The highest BCUT2D eigenvalue weighted by molar-refractivity contribution is 6.31. The van der Waals surface area contributed by atoms with Gasteiger partial charge in [0.05, 0.1) is 23.9 Å². The summed E-state index contributed by atoms with van der Waals surface area (Å²) in [5.41, 5.74) is 10.8. The highest BCUT2D eigenvalue weighted by Gasteiger charge is 2.21. The van der Waals surface area contributed by atoms with Gasteiger partial charge in [0.1, 0.15) is 0 Å². The van der Waals surface area contributed by atoms with Crippen LogP contribution < -0.4 is 16.7 Å². The number of nitrogens with two attached hydrogens (primary N) is 1. The fourth-order valence-corrected chi connectivity index (χ4v) is 3.78. The van der Waals surface area contributed by atoms with E-state index in [-0.39, 0.29) is 24.6 Å². The minimum Gasteiger partial charge on any atom is -0.398 e. The molecule has 0 saturated heterocycles. The van der Waals surface area contributed by atoms with Gasteiger partial charge in [-0.2, -0.15) is 10.1 Å². The molecule has 0 fully saturated rings. The molecular weight excluding hydrogens is 414 g/mol. The lowest BCUT2D eigenvalue weighted by molar-refractivity contribution is 0.260. The lowest BCUT2D eigenvalue weighted by Crippen LogP contribution is -2.30. The van der Waals surface area contributed by atoms with Crippen molar-refractivity contribution in [2.75, 3.05) is 17.7 Å². The molecule has 8 nitrogen and oxygen atoms in total. The third kappa shape index (κ3) is 4.70. The third-order valence-electron chi connectivity index (χ3n) is 5.32. The molecule has 1 unspecified atom stereocenters. The maximum atomic E-state index is 9.72. The Morgan fingerprint density at radius 3 is 2.61 bits per heavy atom. The minimum absolute atomic E-state index is 0.0321. The maximum absolute atomic E-state index is 9.72. The van der Waals surface area contributed by atoms with Crippen molar-refractivity contribution in [2.45, 2.75) is 65.6 Å². The SMILES string of the molecule is CCC(CO)N=c1nc(NCc2c(N)cccc2Cl)c2n[nH]c(C(C)C)c2n1C(C)C. The highest BCUT2D eigenvalue weighted by atomic mass is 35.5. The normalized spacial score (nSPS) is 13.5. The predicted molar refractivity (Wildman–Crippen MR) is 126 cm³/mol. The lowest BCUT2D eigenvalue weighted by atomic mass is 10.1. The van der Waals surface area contributed by atoms with Gasteiger partial charge in [-0.05, 0) is 38.3 Å². The Bertz CT molecular complexity index is 1090. The van der Waals surface area contributed by atoms with E-state index in [1.165, 1.54) is 0 Å². The molecule has 3 rings (SSSR count). The van der Waals surface area contributed by atoms with E-state index in [1.54, 1.807) is 0 Å². The van der Waals surface area contributed by atoms with Crippen LogP contribution in [0.1, 0.15) is 64.3 Å². The number of anilines is 2. The molecule has 2 heterocycles. The number of aliphatic hydroxyl groups excluding tert-OH is 1. The van der Waals surface area contributed by atoms with Gasteiger partial charge in [0.15, 0.2) is 11.3 Å². The van der Waals surface area contributed by atoms with Crippen molar-refractivity contribution in [3.05, 3.63) is 40.1 Å². The number of nitrogens with zero attached hydrogens (tertiary/aromatic N) is 4. The lowest BCUT2D eigenvalue weighted by Gasteiger charge is -2.18. The Morgan fingerprint density at radius 1 is 1.29 bits per heavy atom. The molecule has 5 N–H and O–H groups in total. The molecule has 0 spiro atoms. The first-order valence-corrected chi connectivity index (χ1v) is 11.1. The van der Waals surface area contributed by atoms with Crippen LogP contribution in [0.5, 0.6) is 0 Å². The van der Waals surface area contributed by atoms with Crippen LogP contribution >= 0.6 is 11.6 Å². The van der Waals surface area contributed by atoms with Crippen molar-refractivity contribution < 1.29 is 5.11 Å². The number of nitrogen functional groups attached to an aromatic ring is 1. The summed E-state index contributed by atoms with van der Waals surface area (Å²) in [7, 11) is 0. The van der Waals surface area contributed by atoms with Crippen LogP contribution in [0.15, 0.2) is 23.2 Å². The molecule has 0 radical (unpaired) electrons. The Morgan fingerprint density at radius 2 is 2.03 bits per heavy atom. The second-order valence-electron chi connectivity index (χ2n) is 8.25. The highest BCUT2D eigenvalue weighted by Crippen LogP contribution is 2.29. The van der Waals surface area contributed by atoms with Gasteiger partial charge in [-0.1, -0.05) is 38.4 Å². The van der Waals surface area contributed by atoms with E-state index >= 15 is 0 Å². The summed E-state index contributed by atoms with van der Waals surface area (Å²) in [4.78, 5) is 9.58. The average molecular weight is 446 g/mol. The van der Waals surface area contributed by atoms with Crippen LogP contribution in [-0.4, -0.2) is 37.5 Å². The summed E-state index contributed by atoms with van der Waals surface area (Å²) in [6.45, 7) is 10.8. The Labute approximate surface area is 187 Å². The van der Waals surface area contributed by atoms with Gasteiger partial charge >= 0.3 is 0 Å². The number of benzene rings is 1. The van der Waals surface area contributed by atoms with Gasteiger partial charge in [0, 0.05) is 28.9 Å². The van der Waals surface area contributed by atoms with Crippen LogP contribution in [0.2, 0.25) is 5.02 Å². The molecule has 31 heavy (non-hydrogen) atoms. The van der Waals surface area contributed by atoms with Crippen LogP contribution in [0, 0.1) is 0 Å². The fraction of sp³-hybridized carbons (Fsp3) is 0.500. The monoisotopic (exact) mass is 445 g/mol. The maximum Gasteiger partial charge on any atom is 0.227 e. The van der Waals surface area contributed by atoms with Crippen molar-refractivity contribution in [1.29, 1.82) is 0 Å². The van der Waals surface area contributed by atoms with E-state index in [4.69, 9.17) is 27.3 Å². The van der Waals surface area contributed by atoms with E-state index in [0.29, 0.717) is 28.7 Å². The van der Waals surface area contributed by atoms with Crippen molar-refractivity contribution >= 4 is 34.1 Å². The zero-order valence-electron chi connectivity index (χ0n) is 18.8. The summed E-state index contributed by atoms with van der Waals surface area (Å²) >= 11 is 6.35. The van der Waals surface area contributed by atoms with Gasteiger partial charge in [0.25, 0.3) is 0 Å². The Kier molecular flexibility index (Phi) is 7.23. The number of hydrogen-bond donors (Lipinski definition) is 4. The molecular formula is C22H32ClN7O. The van der Waals surface area contributed by atoms with Gasteiger partial charge in [-0.15, -0.1) is 0 Å². The van der Waals surface area contributed by atoms with Crippen LogP contribution in [0.4, 0.5) is 11.5 Å². The smallest absolute Gasteiger partial charge is 0.227 e. The topological polar surface area (TPSA) is 117 Å². The Hall–Kier alpha value is -2.58. The molecule has 2 aromatic heterocycles. The number of nitrogens with one attached hydrogen (secondary N) is 2. The van der Waals surface area contributed by atoms with E-state index in [9.17, 15) is 5.11 Å². The van der Waals surface area contributed by atoms with Gasteiger partial charge < -0.3 is 20.7 Å². The molecule has 0 bridgehead atoms. The van der Waals surface area contributed by atoms with Crippen molar-refractivity contribution in [3.63, 3.8) is 0 Å². The summed E-state index contributed by atoms with van der Waals surface area (Å²) in [5.74, 6) is 0.832.